The lowest BCUT2D eigenvalue weighted by molar-refractivity contribution is -0.0534. The van der Waals surface area contributed by atoms with Gasteiger partial charge in [0, 0.05) is 13.2 Å². The third kappa shape index (κ3) is 1.36. The number of hydrogen-bond donors (Lipinski definition) is 1. The maximum absolute atomic E-state index is 10.6. The highest BCUT2D eigenvalue weighted by Crippen LogP contribution is 2.40. The van der Waals surface area contributed by atoms with Crippen molar-refractivity contribution in [2.75, 3.05) is 0 Å². The molecular formula is C11H18N2O. The van der Waals surface area contributed by atoms with Gasteiger partial charge in [-0.3, -0.25) is 4.68 Å². The van der Waals surface area contributed by atoms with Crippen LogP contribution in [0.3, 0.4) is 0 Å². The van der Waals surface area contributed by atoms with Crippen LogP contribution >= 0.6 is 0 Å². The summed E-state index contributed by atoms with van der Waals surface area (Å²) in [6.45, 7) is 2.13. The van der Waals surface area contributed by atoms with Crippen LogP contribution in [-0.4, -0.2) is 14.9 Å². The van der Waals surface area contributed by atoms with E-state index < -0.39 is 5.60 Å². The Bertz CT molecular complexity index is 321. The van der Waals surface area contributed by atoms with Gasteiger partial charge in [-0.2, -0.15) is 5.10 Å². The van der Waals surface area contributed by atoms with Crippen LogP contribution in [0.1, 0.15) is 38.3 Å². The van der Waals surface area contributed by atoms with Crippen molar-refractivity contribution in [2.24, 2.45) is 13.0 Å². The smallest absolute Gasteiger partial charge is 0.109 e. The zero-order chi connectivity index (χ0) is 10.2. The second kappa shape index (κ2) is 3.39. The fourth-order valence-electron chi connectivity index (χ4n) is 2.51. The van der Waals surface area contributed by atoms with Gasteiger partial charge < -0.3 is 5.11 Å². The van der Waals surface area contributed by atoms with Crippen LogP contribution in [0, 0.1) is 5.92 Å². The van der Waals surface area contributed by atoms with Crippen LogP contribution < -0.4 is 0 Å². The van der Waals surface area contributed by atoms with Gasteiger partial charge in [-0.1, -0.05) is 19.8 Å². The summed E-state index contributed by atoms with van der Waals surface area (Å²) in [5.41, 5.74) is 0.313. The minimum absolute atomic E-state index is 0.339. The predicted octanol–water partition coefficient (Wildman–Crippen LogP) is 1.82. The second-order valence-electron chi connectivity index (χ2n) is 4.41. The molecule has 78 valence electrons. The lowest BCUT2D eigenvalue weighted by Crippen LogP contribution is -2.38. The maximum Gasteiger partial charge on any atom is 0.109 e. The Kier molecular flexibility index (Phi) is 2.35. The first-order valence-corrected chi connectivity index (χ1v) is 5.35. The normalized spacial score (nSPS) is 33.2. The molecule has 1 aliphatic carbocycles. The fraction of sp³-hybridized carbons (Fsp3) is 0.727. The summed E-state index contributed by atoms with van der Waals surface area (Å²) in [5.74, 6) is 0.339. The van der Waals surface area contributed by atoms with Gasteiger partial charge >= 0.3 is 0 Å². The van der Waals surface area contributed by atoms with E-state index in [-0.39, 0.29) is 0 Å². The Morgan fingerprint density at radius 3 is 2.93 bits per heavy atom. The van der Waals surface area contributed by atoms with Crippen LogP contribution in [0.4, 0.5) is 0 Å². The molecule has 3 heteroatoms. The third-order valence-corrected chi connectivity index (χ3v) is 3.52. The van der Waals surface area contributed by atoms with Gasteiger partial charge in [0.2, 0.25) is 0 Å². The Balaban J connectivity index is 2.34. The Hall–Kier alpha value is -0.830. The second-order valence-corrected chi connectivity index (χ2v) is 4.41. The first-order chi connectivity index (χ1) is 6.64. The van der Waals surface area contributed by atoms with E-state index in [0.717, 1.165) is 25.0 Å². The summed E-state index contributed by atoms with van der Waals surface area (Å²) in [6.07, 6.45) is 6.09. The van der Waals surface area contributed by atoms with E-state index in [0.29, 0.717) is 5.92 Å². The molecule has 0 bridgehead atoms. The minimum atomic E-state index is -0.649. The Morgan fingerprint density at radius 1 is 1.57 bits per heavy atom. The molecule has 2 unspecified atom stereocenters. The van der Waals surface area contributed by atoms with Gasteiger partial charge in [0.25, 0.3) is 0 Å². The summed E-state index contributed by atoms with van der Waals surface area (Å²) < 4.78 is 1.79. The molecule has 3 nitrogen and oxygen atoms in total. The van der Waals surface area contributed by atoms with Gasteiger partial charge in [-0.05, 0) is 24.8 Å². The van der Waals surface area contributed by atoms with E-state index in [1.807, 2.05) is 13.1 Å². The number of aromatic nitrogens is 2. The summed E-state index contributed by atoms with van der Waals surface area (Å²) in [6, 6.07) is 1.93. The van der Waals surface area contributed by atoms with Crippen molar-refractivity contribution in [3.05, 3.63) is 18.0 Å². The van der Waals surface area contributed by atoms with Gasteiger partial charge in [-0.15, -0.1) is 0 Å². The molecule has 2 rings (SSSR count). The lowest BCUT2D eigenvalue weighted by Gasteiger charge is -2.38. The van der Waals surface area contributed by atoms with Crippen LogP contribution in [0.25, 0.3) is 0 Å². The molecule has 1 saturated carbocycles. The number of aryl methyl sites for hydroxylation is 1. The molecule has 1 N–H and O–H groups in total. The molecule has 0 amide bonds. The van der Waals surface area contributed by atoms with Crippen molar-refractivity contribution in [1.82, 2.24) is 9.78 Å². The molecule has 0 aromatic carbocycles. The highest BCUT2D eigenvalue weighted by atomic mass is 16.3. The van der Waals surface area contributed by atoms with Crippen molar-refractivity contribution < 1.29 is 5.11 Å². The molecule has 0 aliphatic heterocycles. The van der Waals surface area contributed by atoms with Crippen molar-refractivity contribution >= 4 is 0 Å². The summed E-state index contributed by atoms with van der Waals surface area (Å²) >= 11 is 0. The van der Waals surface area contributed by atoms with Crippen LogP contribution in [0.15, 0.2) is 12.3 Å². The number of rotatable bonds is 1. The summed E-state index contributed by atoms with van der Waals surface area (Å²) in [5, 5.41) is 14.7. The predicted molar refractivity (Wildman–Crippen MR) is 54.7 cm³/mol. The van der Waals surface area contributed by atoms with Gasteiger partial charge in [0.15, 0.2) is 0 Å². The monoisotopic (exact) mass is 194 g/mol. The topological polar surface area (TPSA) is 38.1 Å². The molecule has 1 aromatic rings. The molecular weight excluding hydrogens is 176 g/mol. The van der Waals surface area contributed by atoms with E-state index >= 15 is 0 Å². The molecule has 1 aromatic heterocycles. The van der Waals surface area contributed by atoms with Crippen LogP contribution in [0.2, 0.25) is 0 Å². The first-order valence-electron chi connectivity index (χ1n) is 5.35. The van der Waals surface area contributed by atoms with Crippen molar-refractivity contribution in [3.8, 4) is 0 Å². The van der Waals surface area contributed by atoms with Gasteiger partial charge in [0.1, 0.15) is 5.60 Å². The van der Waals surface area contributed by atoms with Gasteiger partial charge in [-0.25, -0.2) is 0 Å². The molecule has 0 radical (unpaired) electrons. The van der Waals surface area contributed by atoms with Crippen molar-refractivity contribution in [1.29, 1.82) is 0 Å². The fourth-order valence-corrected chi connectivity index (χ4v) is 2.51. The quantitative estimate of drug-likeness (QED) is 0.740. The Labute approximate surface area is 84.7 Å². The zero-order valence-corrected chi connectivity index (χ0v) is 8.90. The highest BCUT2D eigenvalue weighted by molar-refractivity contribution is 5.14. The van der Waals surface area contributed by atoms with E-state index in [9.17, 15) is 5.11 Å². The zero-order valence-electron chi connectivity index (χ0n) is 8.90. The molecule has 14 heavy (non-hydrogen) atoms. The number of aliphatic hydroxyl groups is 1. The maximum atomic E-state index is 10.6. The van der Waals surface area contributed by atoms with E-state index in [1.165, 1.54) is 6.42 Å². The van der Waals surface area contributed by atoms with E-state index in [1.54, 1.807) is 10.9 Å². The van der Waals surface area contributed by atoms with E-state index in [4.69, 9.17) is 0 Å². The third-order valence-electron chi connectivity index (χ3n) is 3.52. The summed E-state index contributed by atoms with van der Waals surface area (Å²) in [4.78, 5) is 0. The van der Waals surface area contributed by atoms with Crippen molar-refractivity contribution in [3.63, 3.8) is 0 Å². The average Bonchev–Trinajstić information content (AvgIpc) is 2.57. The van der Waals surface area contributed by atoms with Gasteiger partial charge in [0.05, 0.1) is 5.69 Å². The Morgan fingerprint density at radius 2 is 2.36 bits per heavy atom. The summed E-state index contributed by atoms with van der Waals surface area (Å²) in [7, 11) is 1.90. The molecule has 0 spiro atoms. The molecule has 1 aliphatic rings. The first kappa shape index (κ1) is 9.71. The standard InChI is InChI=1S/C11H18N2O/c1-9-5-3-4-7-11(9,14)10-6-8-12-13(10)2/h6,8-9,14H,3-5,7H2,1-2H3. The molecule has 2 atom stereocenters. The largest absolute Gasteiger partial charge is 0.383 e. The minimum Gasteiger partial charge on any atom is -0.383 e. The van der Waals surface area contributed by atoms with Crippen LogP contribution in [0.5, 0.6) is 0 Å². The van der Waals surface area contributed by atoms with E-state index in [2.05, 4.69) is 12.0 Å². The molecule has 0 saturated heterocycles. The molecule has 1 fully saturated rings. The number of nitrogens with zero attached hydrogens (tertiary/aromatic N) is 2. The number of hydrogen-bond acceptors (Lipinski definition) is 2. The highest BCUT2D eigenvalue weighted by Gasteiger charge is 2.39. The SMILES string of the molecule is CC1CCCCC1(O)c1ccnn1C. The van der Waals surface area contributed by atoms with Crippen LogP contribution in [-0.2, 0) is 12.6 Å². The molecule has 1 heterocycles. The lowest BCUT2D eigenvalue weighted by atomic mass is 9.74. The average molecular weight is 194 g/mol. The van der Waals surface area contributed by atoms with Crippen molar-refractivity contribution in [2.45, 2.75) is 38.2 Å².